The highest BCUT2D eigenvalue weighted by Crippen LogP contribution is 2.32. The van der Waals surface area contributed by atoms with Gasteiger partial charge in [-0.25, -0.2) is 4.79 Å². The van der Waals surface area contributed by atoms with Crippen molar-refractivity contribution in [3.8, 4) is 0 Å². The monoisotopic (exact) mass is 361 g/mol. The van der Waals surface area contributed by atoms with E-state index in [1.54, 1.807) is 0 Å². The summed E-state index contributed by atoms with van der Waals surface area (Å²) < 4.78 is 5.82. The molecule has 1 aliphatic carbocycles. The number of cyclic esters (lactones) is 1. The molecular weight excluding hydrogens is 334 g/mol. The summed E-state index contributed by atoms with van der Waals surface area (Å²) >= 11 is 0. The summed E-state index contributed by atoms with van der Waals surface area (Å²) in [7, 11) is 0. The van der Waals surface area contributed by atoms with Crippen LogP contribution in [-0.2, 0) is 11.3 Å². The Morgan fingerprint density at radius 2 is 1.63 bits per heavy atom. The second kappa shape index (κ2) is 8.43. The van der Waals surface area contributed by atoms with Crippen molar-refractivity contribution < 1.29 is 9.53 Å². The number of hydrogen-bond donors (Lipinski definition) is 0. The predicted molar refractivity (Wildman–Crippen MR) is 108 cm³/mol. The number of allylic oxidation sites excluding steroid dienone is 1. The van der Waals surface area contributed by atoms with Crippen LogP contribution in [-0.4, -0.2) is 23.6 Å². The largest absolute Gasteiger partial charge is 0.439 e. The topological polar surface area (TPSA) is 29.5 Å². The van der Waals surface area contributed by atoms with Gasteiger partial charge in [0.2, 0.25) is 0 Å². The van der Waals surface area contributed by atoms with Crippen LogP contribution in [0.25, 0.3) is 5.57 Å². The van der Waals surface area contributed by atoms with Gasteiger partial charge in [0.05, 0.1) is 6.54 Å². The molecule has 1 aliphatic heterocycles. The molecule has 0 aromatic heterocycles. The third-order valence-corrected chi connectivity index (χ3v) is 5.62. The van der Waals surface area contributed by atoms with Crippen molar-refractivity contribution in [3.05, 3.63) is 77.9 Å². The van der Waals surface area contributed by atoms with Crippen LogP contribution in [0.15, 0.2) is 66.7 Å². The van der Waals surface area contributed by atoms with Gasteiger partial charge in [-0.05, 0) is 35.5 Å². The van der Waals surface area contributed by atoms with E-state index in [9.17, 15) is 4.79 Å². The molecule has 0 N–H and O–H groups in total. The van der Waals surface area contributed by atoms with Gasteiger partial charge in [-0.2, -0.15) is 0 Å². The van der Waals surface area contributed by atoms with Crippen molar-refractivity contribution in [1.29, 1.82) is 0 Å². The molecule has 3 heteroatoms. The second-order valence-corrected chi connectivity index (χ2v) is 7.62. The van der Waals surface area contributed by atoms with E-state index in [0.717, 1.165) is 5.56 Å². The molecule has 140 valence electrons. The van der Waals surface area contributed by atoms with Crippen LogP contribution in [0.3, 0.4) is 0 Å². The highest BCUT2D eigenvalue weighted by molar-refractivity contribution is 5.77. The van der Waals surface area contributed by atoms with E-state index in [1.807, 2.05) is 29.2 Å². The number of benzene rings is 2. The summed E-state index contributed by atoms with van der Waals surface area (Å²) in [5, 5.41) is 0. The molecule has 2 aromatic carbocycles. The van der Waals surface area contributed by atoms with Gasteiger partial charge in [0, 0.05) is 6.54 Å². The van der Waals surface area contributed by atoms with Crippen LogP contribution in [0.5, 0.6) is 0 Å². The van der Waals surface area contributed by atoms with Crippen LogP contribution in [0, 0.1) is 5.92 Å². The van der Waals surface area contributed by atoms with Crippen molar-refractivity contribution in [2.45, 2.75) is 44.8 Å². The minimum Gasteiger partial charge on any atom is -0.439 e. The van der Waals surface area contributed by atoms with Crippen molar-refractivity contribution in [2.24, 2.45) is 5.92 Å². The van der Waals surface area contributed by atoms with Gasteiger partial charge in [-0.3, -0.25) is 4.90 Å². The molecule has 2 aromatic rings. The molecule has 1 saturated heterocycles. The van der Waals surface area contributed by atoms with Gasteiger partial charge in [0.1, 0.15) is 6.10 Å². The molecule has 1 unspecified atom stereocenters. The number of amides is 1. The van der Waals surface area contributed by atoms with Crippen molar-refractivity contribution in [1.82, 2.24) is 4.90 Å². The first kappa shape index (κ1) is 17.8. The fraction of sp³-hybridized carbons (Fsp3) is 0.375. The van der Waals surface area contributed by atoms with Crippen LogP contribution in [0.4, 0.5) is 4.79 Å². The number of ether oxygens (including phenoxy) is 1. The molecule has 1 heterocycles. The quantitative estimate of drug-likeness (QED) is 0.686. The number of hydrogen-bond acceptors (Lipinski definition) is 2. The SMILES string of the molecule is O=C1OC(/C(=C\C2CCCCC2)c2ccccc2)CN1Cc1ccccc1. The smallest absolute Gasteiger partial charge is 0.410 e. The molecule has 1 saturated carbocycles. The maximum absolute atomic E-state index is 12.5. The lowest BCUT2D eigenvalue weighted by Gasteiger charge is -2.22. The van der Waals surface area contributed by atoms with Crippen molar-refractivity contribution in [2.75, 3.05) is 6.54 Å². The first-order valence-electron chi connectivity index (χ1n) is 10.1. The minimum absolute atomic E-state index is 0.189. The molecule has 1 atom stereocenters. The zero-order valence-corrected chi connectivity index (χ0v) is 15.7. The fourth-order valence-electron chi connectivity index (χ4n) is 4.18. The number of carbonyl (C=O) groups excluding carboxylic acids is 1. The van der Waals surface area contributed by atoms with Gasteiger partial charge in [0.25, 0.3) is 0 Å². The third-order valence-electron chi connectivity index (χ3n) is 5.62. The molecule has 27 heavy (non-hydrogen) atoms. The minimum atomic E-state index is -0.214. The summed E-state index contributed by atoms with van der Waals surface area (Å²) in [5.74, 6) is 0.593. The van der Waals surface area contributed by atoms with E-state index < -0.39 is 0 Å². The molecule has 0 spiro atoms. The maximum Gasteiger partial charge on any atom is 0.410 e. The molecule has 2 aliphatic rings. The molecule has 2 fully saturated rings. The molecular formula is C24H27NO2. The molecule has 0 radical (unpaired) electrons. The van der Waals surface area contributed by atoms with Gasteiger partial charge in [-0.1, -0.05) is 86.0 Å². The number of carbonyl (C=O) groups is 1. The van der Waals surface area contributed by atoms with Crippen molar-refractivity contribution in [3.63, 3.8) is 0 Å². The first-order chi connectivity index (χ1) is 13.3. The van der Waals surface area contributed by atoms with Gasteiger partial charge >= 0.3 is 6.09 Å². The average molecular weight is 361 g/mol. The lowest BCUT2D eigenvalue weighted by molar-refractivity contribution is 0.146. The molecule has 3 nitrogen and oxygen atoms in total. The number of nitrogens with zero attached hydrogens (tertiary/aromatic N) is 1. The van der Waals surface area contributed by atoms with E-state index >= 15 is 0 Å². The summed E-state index contributed by atoms with van der Waals surface area (Å²) in [5.41, 5.74) is 3.47. The first-order valence-corrected chi connectivity index (χ1v) is 10.1. The van der Waals surface area contributed by atoms with E-state index in [4.69, 9.17) is 4.74 Å². The van der Waals surface area contributed by atoms with E-state index in [0.29, 0.717) is 19.0 Å². The van der Waals surface area contributed by atoms with Crippen molar-refractivity contribution >= 4 is 11.7 Å². The summed E-state index contributed by atoms with van der Waals surface area (Å²) in [6.45, 7) is 1.21. The molecule has 1 amide bonds. The molecule has 4 rings (SSSR count). The van der Waals surface area contributed by atoms with Gasteiger partial charge in [0.15, 0.2) is 0 Å². The summed E-state index contributed by atoms with van der Waals surface area (Å²) in [6, 6.07) is 20.5. The van der Waals surface area contributed by atoms with E-state index in [-0.39, 0.29) is 12.2 Å². The lowest BCUT2D eigenvalue weighted by Crippen LogP contribution is -2.25. The highest BCUT2D eigenvalue weighted by Gasteiger charge is 2.34. The summed E-state index contributed by atoms with van der Waals surface area (Å²) in [4.78, 5) is 14.3. The summed E-state index contributed by atoms with van der Waals surface area (Å²) in [6.07, 6.45) is 8.41. The van der Waals surface area contributed by atoms with Crippen LogP contribution >= 0.6 is 0 Å². The normalized spacial score (nSPS) is 21.3. The van der Waals surface area contributed by atoms with Crippen LogP contribution in [0.2, 0.25) is 0 Å². The maximum atomic E-state index is 12.5. The van der Waals surface area contributed by atoms with E-state index in [2.05, 4.69) is 42.5 Å². The zero-order chi connectivity index (χ0) is 18.5. The van der Waals surface area contributed by atoms with Gasteiger partial charge in [-0.15, -0.1) is 0 Å². The predicted octanol–water partition coefficient (Wildman–Crippen LogP) is 5.67. The Bertz CT molecular complexity index is 779. The Kier molecular flexibility index (Phi) is 5.57. The lowest BCUT2D eigenvalue weighted by atomic mass is 9.85. The number of rotatable bonds is 5. The Labute approximate surface area is 161 Å². The van der Waals surface area contributed by atoms with E-state index in [1.165, 1.54) is 43.2 Å². The van der Waals surface area contributed by atoms with Crippen LogP contribution < -0.4 is 0 Å². The zero-order valence-electron chi connectivity index (χ0n) is 15.7. The second-order valence-electron chi connectivity index (χ2n) is 7.62. The fourth-order valence-corrected chi connectivity index (χ4v) is 4.18. The Morgan fingerprint density at radius 1 is 0.963 bits per heavy atom. The third kappa shape index (κ3) is 4.41. The highest BCUT2D eigenvalue weighted by atomic mass is 16.6. The van der Waals surface area contributed by atoms with Gasteiger partial charge < -0.3 is 4.74 Å². The average Bonchev–Trinajstić information content (AvgIpc) is 3.08. The Balaban J connectivity index is 1.55. The Hall–Kier alpha value is -2.55. The van der Waals surface area contributed by atoms with Crippen LogP contribution in [0.1, 0.15) is 43.2 Å². The Morgan fingerprint density at radius 3 is 2.33 bits per heavy atom. The molecule has 0 bridgehead atoms. The standard InChI is InChI=1S/C24H27NO2/c26-24-25(17-20-12-6-2-7-13-20)18-23(27-24)22(21-14-8-3-9-15-21)16-19-10-4-1-5-11-19/h2-3,6-9,12-16,19,23H,1,4-5,10-11,17-18H2/b22-16-.